The van der Waals surface area contributed by atoms with E-state index in [4.69, 9.17) is 4.18 Å². The number of rotatable bonds is 7. The van der Waals surface area contributed by atoms with Gasteiger partial charge in [0.2, 0.25) is 0 Å². The molecule has 108 valence electrons. The first-order valence-corrected chi connectivity index (χ1v) is 7.77. The highest BCUT2D eigenvalue weighted by molar-refractivity contribution is 7.86. The maximum Gasteiger partial charge on any atom is 0.354 e. The zero-order chi connectivity index (χ0) is 14.5. The van der Waals surface area contributed by atoms with Crippen molar-refractivity contribution in [3.05, 3.63) is 23.5 Å². The molecule has 0 radical (unpaired) electrons. The molecule has 1 rings (SSSR count). The van der Waals surface area contributed by atoms with Gasteiger partial charge < -0.3 is 9.72 Å². The molecule has 1 aromatic rings. The molecule has 0 saturated carbocycles. The Morgan fingerprint density at radius 1 is 1.47 bits per heavy atom. The lowest BCUT2D eigenvalue weighted by Crippen LogP contribution is -2.13. The van der Waals surface area contributed by atoms with Crippen molar-refractivity contribution < 1.29 is 22.1 Å². The van der Waals surface area contributed by atoms with Gasteiger partial charge in [-0.05, 0) is 37.8 Å². The minimum Gasteiger partial charge on any atom is -0.464 e. The molecule has 0 spiro atoms. The molecule has 1 N–H and O–H groups in total. The number of hydrogen-bond donors (Lipinski definition) is 1. The van der Waals surface area contributed by atoms with E-state index < -0.39 is 16.1 Å². The summed E-state index contributed by atoms with van der Waals surface area (Å²) in [6.07, 6.45) is 4.59. The number of H-pyrrole nitrogens is 1. The van der Waals surface area contributed by atoms with Crippen molar-refractivity contribution in [1.82, 2.24) is 4.98 Å². The number of methoxy groups -OCH3 is 1. The molecular weight excluding hydrogens is 270 g/mol. The molecule has 7 heteroatoms. The molecule has 1 heterocycles. The third-order valence-electron chi connectivity index (χ3n) is 2.56. The van der Waals surface area contributed by atoms with E-state index in [2.05, 4.69) is 9.72 Å². The van der Waals surface area contributed by atoms with E-state index in [9.17, 15) is 13.2 Å². The van der Waals surface area contributed by atoms with E-state index in [1.807, 2.05) is 0 Å². The van der Waals surface area contributed by atoms with Crippen LogP contribution in [0.15, 0.2) is 12.3 Å². The van der Waals surface area contributed by atoms with Crippen LogP contribution < -0.4 is 0 Å². The standard InChI is InChI=1S/C12H19NO5S/c1-9(18-19(3,15)16)5-4-6-10-7-11(13-8-10)12(14)17-2/h7-9,13H,4-6H2,1-3H3. The maximum atomic E-state index is 11.2. The molecule has 0 saturated heterocycles. The normalized spacial score (nSPS) is 13.2. The Hall–Kier alpha value is -1.34. The van der Waals surface area contributed by atoms with Gasteiger partial charge in [0.15, 0.2) is 0 Å². The largest absolute Gasteiger partial charge is 0.464 e. The Labute approximate surface area is 113 Å². The van der Waals surface area contributed by atoms with Gasteiger partial charge >= 0.3 is 5.97 Å². The summed E-state index contributed by atoms with van der Waals surface area (Å²) in [6, 6.07) is 1.73. The van der Waals surface area contributed by atoms with Crippen molar-refractivity contribution in [3.8, 4) is 0 Å². The molecule has 0 aliphatic carbocycles. The molecule has 0 bridgehead atoms. The topological polar surface area (TPSA) is 85.5 Å². The first-order chi connectivity index (χ1) is 8.81. The molecule has 0 fully saturated rings. The number of ether oxygens (including phenoxy) is 1. The summed E-state index contributed by atoms with van der Waals surface area (Å²) < 4.78 is 31.2. The van der Waals surface area contributed by atoms with Crippen LogP contribution in [0.1, 0.15) is 35.8 Å². The van der Waals surface area contributed by atoms with Gasteiger partial charge in [0, 0.05) is 6.20 Å². The van der Waals surface area contributed by atoms with Crippen molar-refractivity contribution in [3.63, 3.8) is 0 Å². The van der Waals surface area contributed by atoms with Gasteiger partial charge in [0.25, 0.3) is 10.1 Å². The van der Waals surface area contributed by atoms with Crippen LogP contribution in [0.4, 0.5) is 0 Å². The van der Waals surface area contributed by atoms with Gasteiger partial charge in [-0.1, -0.05) is 0 Å². The van der Waals surface area contributed by atoms with Crippen LogP contribution >= 0.6 is 0 Å². The van der Waals surface area contributed by atoms with Crippen molar-refractivity contribution in [1.29, 1.82) is 0 Å². The van der Waals surface area contributed by atoms with Crippen LogP contribution in [-0.2, 0) is 25.5 Å². The van der Waals surface area contributed by atoms with Gasteiger partial charge in [-0.3, -0.25) is 4.18 Å². The lowest BCUT2D eigenvalue weighted by Gasteiger charge is -2.09. The summed E-state index contributed by atoms with van der Waals surface area (Å²) in [5.41, 5.74) is 1.39. The molecule has 0 aliphatic heterocycles. The molecule has 0 aliphatic rings. The first-order valence-electron chi connectivity index (χ1n) is 5.95. The number of aryl methyl sites for hydroxylation is 1. The molecule has 19 heavy (non-hydrogen) atoms. The maximum absolute atomic E-state index is 11.2. The molecule has 6 nitrogen and oxygen atoms in total. The van der Waals surface area contributed by atoms with Crippen molar-refractivity contribution in [2.45, 2.75) is 32.3 Å². The second-order valence-corrected chi connectivity index (χ2v) is 6.02. The summed E-state index contributed by atoms with van der Waals surface area (Å²) >= 11 is 0. The molecular formula is C12H19NO5S. The fourth-order valence-corrected chi connectivity index (χ4v) is 2.44. The van der Waals surface area contributed by atoms with E-state index in [0.717, 1.165) is 24.7 Å². The molecule has 0 aromatic carbocycles. The molecule has 1 unspecified atom stereocenters. The summed E-state index contributed by atoms with van der Waals surface area (Å²) in [5.74, 6) is -0.403. The monoisotopic (exact) mass is 289 g/mol. The Morgan fingerprint density at radius 3 is 2.74 bits per heavy atom. The Morgan fingerprint density at radius 2 is 2.16 bits per heavy atom. The minimum absolute atomic E-state index is 0.339. The van der Waals surface area contributed by atoms with Gasteiger partial charge in [0.1, 0.15) is 5.69 Å². The summed E-state index contributed by atoms with van der Waals surface area (Å²) in [4.78, 5) is 14.1. The number of aromatic amines is 1. The Kier molecular flexibility index (Phi) is 5.56. The number of esters is 1. The van der Waals surface area contributed by atoms with Crippen LogP contribution in [0.2, 0.25) is 0 Å². The highest BCUT2D eigenvalue weighted by Crippen LogP contribution is 2.11. The fraction of sp³-hybridized carbons (Fsp3) is 0.583. The highest BCUT2D eigenvalue weighted by Gasteiger charge is 2.11. The minimum atomic E-state index is -3.40. The fourth-order valence-electron chi connectivity index (χ4n) is 1.75. The van der Waals surface area contributed by atoms with Gasteiger partial charge in [-0.15, -0.1) is 0 Å². The zero-order valence-corrected chi connectivity index (χ0v) is 12.1. The lowest BCUT2D eigenvalue weighted by atomic mass is 10.1. The van der Waals surface area contributed by atoms with Crippen LogP contribution in [0.5, 0.6) is 0 Å². The van der Waals surface area contributed by atoms with E-state index in [1.54, 1.807) is 19.2 Å². The van der Waals surface area contributed by atoms with E-state index in [1.165, 1.54) is 7.11 Å². The number of hydrogen-bond acceptors (Lipinski definition) is 5. The third-order valence-corrected chi connectivity index (χ3v) is 3.24. The zero-order valence-electron chi connectivity index (χ0n) is 11.3. The quantitative estimate of drug-likeness (QED) is 0.607. The average molecular weight is 289 g/mol. The predicted molar refractivity (Wildman–Crippen MR) is 70.5 cm³/mol. The van der Waals surface area contributed by atoms with Crippen molar-refractivity contribution in [2.24, 2.45) is 0 Å². The SMILES string of the molecule is COC(=O)c1cc(CCCC(C)OS(C)(=O)=O)c[nH]1. The van der Waals surface area contributed by atoms with E-state index in [0.29, 0.717) is 12.1 Å². The highest BCUT2D eigenvalue weighted by atomic mass is 32.2. The number of nitrogens with one attached hydrogen (secondary N) is 1. The van der Waals surface area contributed by atoms with E-state index >= 15 is 0 Å². The Balaban J connectivity index is 2.37. The Bertz CT molecular complexity index is 520. The predicted octanol–water partition coefficient (Wildman–Crippen LogP) is 1.49. The average Bonchev–Trinajstić information content (AvgIpc) is 2.74. The van der Waals surface area contributed by atoms with Crippen LogP contribution in [0.25, 0.3) is 0 Å². The van der Waals surface area contributed by atoms with Crippen molar-refractivity contribution >= 4 is 16.1 Å². The molecule has 1 atom stereocenters. The molecule has 0 amide bonds. The molecule has 1 aromatic heterocycles. The van der Waals surface area contributed by atoms with Crippen LogP contribution in [0.3, 0.4) is 0 Å². The summed E-state index contributed by atoms with van der Waals surface area (Å²) in [7, 11) is -2.07. The second kappa shape index (κ2) is 6.72. The van der Waals surface area contributed by atoms with Gasteiger partial charge in [-0.25, -0.2) is 4.79 Å². The van der Waals surface area contributed by atoms with Crippen LogP contribution in [-0.4, -0.2) is 38.8 Å². The van der Waals surface area contributed by atoms with Gasteiger partial charge in [-0.2, -0.15) is 8.42 Å². The second-order valence-electron chi connectivity index (χ2n) is 4.42. The first kappa shape index (κ1) is 15.7. The van der Waals surface area contributed by atoms with E-state index in [-0.39, 0.29) is 6.10 Å². The number of aromatic nitrogens is 1. The van der Waals surface area contributed by atoms with Crippen molar-refractivity contribution in [2.75, 3.05) is 13.4 Å². The van der Waals surface area contributed by atoms with Crippen LogP contribution in [0, 0.1) is 0 Å². The summed E-state index contributed by atoms with van der Waals surface area (Å²) in [6.45, 7) is 1.72. The van der Waals surface area contributed by atoms with Gasteiger partial charge in [0.05, 0.1) is 19.5 Å². The summed E-state index contributed by atoms with van der Waals surface area (Å²) in [5, 5.41) is 0. The number of carbonyl (C=O) groups excluding carboxylic acids is 1. The smallest absolute Gasteiger partial charge is 0.354 e. The number of carbonyl (C=O) groups is 1. The third kappa shape index (κ3) is 5.89. The lowest BCUT2D eigenvalue weighted by molar-refractivity contribution is 0.0594.